The zero-order valence-electron chi connectivity index (χ0n) is 7.52. The fraction of sp³-hybridized carbons (Fsp3) is 0.333. The van der Waals surface area contributed by atoms with Crippen molar-refractivity contribution >= 4 is 22.6 Å². The van der Waals surface area contributed by atoms with Gasteiger partial charge in [0.05, 0.1) is 17.3 Å². The molecule has 0 saturated carbocycles. The molecule has 0 saturated heterocycles. The highest BCUT2D eigenvalue weighted by molar-refractivity contribution is 7.15. The number of thiazole rings is 1. The van der Waals surface area contributed by atoms with Crippen LogP contribution in [0.2, 0.25) is 0 Å². The Morgan fingerprint density at radius 2 is 2.46 bits per heavy atom. The molecule has 0 aromatic carbocycles. The Labute approximate surface area is 80.0 Å². The molecule has 1 atom stereocenters. The standard InChI is InChI=1S/C9H10N2OS/c1-6(5-12)8-7(2)10-9-11(8)3-4-13-9/h3-6H,1-2H3. The second kappa shape index (κ2) is 2.96. The monoisotopic (exact) mass is 194 g/mol. The Kier molecular flexibility index (Phi) is 1.92. The van der Waals surface area contributed by atoms with Crippen LogP contribution >= 0.6 is 11.3 Å². The molecule has 0 aliphatic carbocycles. The van der Waals surface area contributed by atoms with Crippen LogP contribution in [0.25, 0.3) is 4.96 Å². The van der Waals surface area contributed by atoms with Crippen LogP contribution < -0.4 is 0 Å². The fourth-order valence-electron chi connectivity index (χ4n) is 1.52. The van der Waals surface area contributed by atoms with Crippen LogP contribution in [-0.4, -0.2) is 15.7 Å². The zero-order chi connectivity index (χ0) is 9.42. The summed E-state index contributed by atoms with van der Waals surface area (Å²) in [5, 5.41) is 1.97. The second-order valence-electron chi connectivity index (χ2n) is 3.06. The lowest BCUT2D eigenvalue weighted by Crippen LogP contribution is -2.00. The number of nitrogens with zero attached hydrogens (tertiary/aromatic N) is 2. The van der Waals surface area contributed by atoms with Crippen molar-refractivity contribution in [1.82, 2.24) is 9.38 Å². The van der Waals surface area contributed by atoms with Gasteiger partial charge in [-0.2, -0.15) is 0 Å². The topological polar surface area (TPSA) is 34.4 Å². The van der Waals surface area contributed by atoms with Crippen molar-refractivity contribution in [2.24, 2.45) is 0 Å². The zero-order valence-corrected chi connectivity index (χ0v) is 8.34. The van der Waals surface area contributed by atoms with Crippen LogP contribution in [-0.2, 0) is 4.79 Å². The number of imidazole rings is 1. The molecular formula is C9H10N2OS. The maximum Gasteiger partial charge on any atom is 0.194 e. The summed E-state index contributed by atoms with van der Waals surface area (Å²) in [4.78, 5) is 16.0. The largest absolute Gasteiger partial charge is 0.303 e. The summed E-state index contributed by atoms with van der Waals surface area (Å²) in [6.45, 7) is 3.83. The Hall–Kier alpha value is -1.16. The van der Waals surface area contributed by atoms with Crippen LogP contribution in [0.15, 0.2) is 11.6 Å². The lowest BCUT2D eigenvalue weighted by atomic mass is 10.1. The summed E-state index contributed by atoms with van der Waals surface area (Å²) in [5.74, 6) is -0.0791. The van der Waals surface area contributed by atoms with Gasteiger partial charge in [-0.15, -0.1) is 11.3 Å². The minimum atomic E-state index is -0.0791. The van der Waals surface area contributed by atoms with Gasteiger partial charge in [-0.1, -0.05) is 6.92 Å². The van der Waals surface area contributed by atoms with E-state index in [1.807, 2.05) is 29.8 Å². The molecule has 0 radical (unpaired) electrons. The molecule has 68 valence electrons. The normalized spacial score (nSPS) is 13.4. The molecular weight excluding hydrogens is 184 g/mol. The smallest absolute Gasteiger partial charge is 0.194 e. The summed E-state index contributed by atoms with van der Waals surface area (Å²) >= 11 is 1.59. The number of carbonyl (C=O) groups excluding carboxylic acids is 1. The highest BCUT2D eigenvalue weighted by atomic mass is 32.1. The number of aldehydes is 1. The summed E-state index contributed by atoms with van der Waals surface area (Å²) in [6.07, 6.45) is 2.91. The fourth-order valence-corrected chi connectivity index (χ4v) is 2.29. The third kappa shape index (κ3) is 1.18. The summed E-state index contributed by atoms with van der Waals surface area (Å²) in [5.41, 5.74) is 1.96. The molecule has 2 aromatic heterocycles. The van der Waals surface area contributed by atoms with Gasteiger partial charge in [-0.25, -0.2) is 4.98 Å². The van der Waals surface area contributed by atoms with Crippen LogP contribution in [0, 0.1) is 6.92 Å². The van der Waals surface area contributed by atoms with Gasteiger partial charge in [0.1, 0.15) is 6.29 Å². The minimum absolute atomic E-state index is 0.0791. The molecule has 4 heteroatoms. The first-order chi connectivity index (χ1) is 6.24. The van der Waals surface area contributed by atoms with E-state index in [4.69, 9.17) is 0 Å². The van der Waals surface area contributed by atoms with Gasteiger partial charge in [0.2, 0.25) is 0 Å². The van der Waals surface area contributed by atoms with E-state index >= 15 is 0 Å². The predicted molar refractivity (Wildman–Crippen MR) is 52.3 cm³/mol. The van der Waals surface area contributed by atoms with Crippen LogP contribution in [0.5, 0.6) is 0 Å². The predicted octanol–water partition coefficient (Wildman–Crippen LogP) is 2.01. The van der Waals surface area contributed by atoms with Crippen LogP contribution in [0.4, 0.5) is 0 Å². The highest BCUT2D eigenvalue weighted by Crippen LogP contribution is 2.22. The first kappa shape index (κ1) is 8.44. The maximum absolute atomic E-state index is 10.7. The van der Waals surface area contributed by atoms with E-state index in [1.165, 1.54) is 0 Å². The van der Waals surface area contributed by atoms with E-state index in [1.54, 1.807) is 11.3 Å². The molecule has 0 N–H and O–H groups in total. The van der Waals surface area contributed by atoms with E-state index < -0.39 is 0 Å². The molecule has 2 heterocycles. The molecule has 0 spiro atoms. The quantitative estimate of drug-likeness (QED) is 0.685. The van der Waals surface area contributed by atoms with E-state index in [0.29, 0.717) is 0 Å². The first-order valence-corrected chi connectivity index (χ1v) is 4.99. The lowest BCUT2D eigenvalue weighted by molar-refractivity contribution is -0.108. The Balaban J connectivity index is 2.69. The van der Waals surface area contributed by atoms with Gasteiger partial charge in [0.15, 0.2) is 4.96 Å². The Morgan fingerprint density at radius 3 is 3.15 bits per heavy atom. The molecule has 2 aromatic rings. The summed E-state index contributed by atoms with van der Waals surface area (Å²) in [7, 11) is 0. The molecule has 0 amide bonds. The van der Waals surface area contributed by atoms with Crippen LogP contribution in [0.1, 0.15) is 24.2 Å². The number of hydrogen-bond donors (Lipinski definition) is 0. The van der Waals surface area contributed by atoms with E-state index in [2.05, 4.69) is 4.98 Å². The molecule has 13 heavy (non-hydrogen) atoms. The van der Waals surface area contributed by atoms with E-state index in [-0.39, 0.29) is 5.92 Å². The third-order valence-electron chi connectivity index (χ3n) is 2.12. The molecule has 1 unspecified atom stereocenters. The number of rotatable bonds is 2. The number of aromatic nitrogens is 2. The molecule has 3 nitrogen and oxygen atoms in total. The molecule has 0 bridgehead atoms. The average Bonchev–Trinajstić information content (AvgIpc) is 2.62. The van der Waals surface area contributed by atoms with Crippen molar-refractivity contribution in [2.75, 3.05) is 0 Å². The molecule has 0 aliphatic heterocycles. The molecule has 0 fully saturated rings. The summed E-state index contributed by atoms with van der Waals surface area (Å²) in [6, 6.07) is 0. The number of aryl methyl sites for hydroxylation is 1. The van der Waals surface area contributed by atoms with Gasteiger partial charge in [0, 0.05) is 11.6 Å². The van der Waals surface area contributed by atoms with Crippen molar-refractivity contribution in [3.63, 3.8) is 0 Å². The third-order valence-corrected chi connectivity index (χ3v) is 2.88. The van der Waals surface area contributed by atoms with Gasteiger partial charge in [0.25, 0.3) is 0 Å². The number of hydrogen-bond acceptors (Lipinski definition) is 3. The first-order valence-electron chi connectivity index (χ1n) is 4.11. The maximum atomic E-state index is 10.7. The lowest BCUT2D eigenvalue weighted by Gasteiger charge is -2.02. The average molecular weight is 194 g/mol. The summed E-state index contributed by atoms with van der Waals surface area (Å²) < 4.78 is 1.99. The van der Waals surface area contributed by atoms with Crippen molar-refractivity contribution in [3.05, 3.63) is 23.0 Å². The van der Waals surface area contributed by atoms with Gasteiger partial charge < -0.3 is 4.79 Å². The van der Waals surface area contributed by atoms with Crippen molar-refractivity contribution < 1.29 is 4.79 Å². The van der Waals surface area contributed by atoms with Crippen molar-refractivity contribution in [2.45, 2.75) is 19.8 Å². The van der Waals surface area contributed by atoms with E-state index in [9.17, 15) is 4.79 Å². The second-order valence-corrected chi connectivity index (χ2v) is 3.94. The molecule has 0 aliphatic rings. The Morgan fingerprint density at radius 1 is 1.69 bits per heavy atom. The highest BCUT2D eigenvalue weighted by Gasteiger charge is 2.14. The Bertz CT molecular complexity index is 443. The van der Waals surface area contributed by atoms with Gasteiger partial charge >= 0.3 is 0 Å². The van der Waals surface area contributed by atoms with Crippen LogP contribution in [0.3, 0.4) is 0 Å². The minimum Gasteiger partial charge on any atom is -0.303 e. The SMILES string of the molecule is Cc1nc2sccn2c1C(C)C=O. The van der Waals surface area contributed by atoms with Crippen molar-refractivity contribution in [3.8, 4) is 0 Å². The van der Waals surface area contributed by atoms with E-state index in [0.717, 1.165) is 22.6 Å². The molecule has 2 rings (SSSR count). The number of carbonyl (C=O) groups is 1. The number of fused-ring (bicyclic) bond motifs is 1. The van der Waals surface area contributed by atoms with Gasteiger partial charge in [-0.3, -0.25) is 4.40 Å². The van der Waals surface area contributed by atoms with Gasteiger partial charge in [-0.05, 0) is 6.92 Å². The van der Waals surface area contributed by atoms with Crippen molar-refractivity contribution in [1.29, 1.82) is 0 Å².